The van der Waals surface area contributed by atoms with Crippen LogP contribution < -0.4 is 10.7 Å². The number of rotatable bonds is 5. The highest BCUT2D eigenvalue weighted by Crippen LogP contribution is 1.89. The quantitative estimate of drug-likeness (QED) is 0.592. The van der Waals surface area contributed by atoms with Gasteiger partial charge in [-0.1, -0.05) is 0 Å². The number of aliphatic hydroxyl groups is 1. The molecule has 0 aliphatic carbocycles. The van der Waals surface area contributed by atoms with Crippen LogP contribution in [0.3, 0.4) is 0 Å². The molecule has 0 spiro atoms. The Labute approximate surface area is 87.1 Å². The summed E-state index contributed by atoms with van der Waals surface area (Å²) >= 11 is 0. The summed E-state index contributed by atoms with van der Waals surface area (Å²) in [4.78, 5) is 25.3. The van der Waals surface area contributed by atoms with Crippen molar-refractivity contribution in [2.75, 3.05) is 13.2 Å². The van der Waals surface area contributed by atoms with Crippen LogP contribution in [0.2, 0.25) is 0 Å². The minimum Gasteiger partial charge on any atom is -0.396 e. The molecule has 1 amide bonds. The van der Waals surface area contributed by atoms with E-state index in [1.165, 1.54) is 18.5 Å². The summed E-state index contributed by atoms with van der Waals surface area (Å²) in [6, 6.07) is 1.31. The van der Waals surface area contributed by atoms with Crippen LogP contribution in [0.25, 0.3) is 0 Å². The van der Waals surface area contributed by atoms with Gasteiger partial charge in [0.25, 0.3) is 5.91 Å². The summed E-state index contributed by atoms with van der Waals surface area (Å²) < 4.78 is 0. The maximum Gasteiger partial charge on any atom is 0.256 e. The van der Waals surface area contributed by atoms with Gasteiger partial charge in [-0.25, -0.2) is 0 Å². The highest BCUT2D eigenvalue weighted by Gasteiger charge is 2.07. The number of carbonyl (C=O) groups is 1. The van der Waals surface area contributed by atoms with Crippen LogP contribution in [0.5, 0.6) is 0 Å². The molecule has 0 unspecified atom stereocenters. The Morgan fingerprint density at radius 1 is 1.47 bits per heavy atom. The van der Waals surface area contributed by atoms with E-state index in [9.17, 15) is 9.59 Å². The number of hydrogen-bond acceptors (Lipinski definition) is 3. The molecule has 1 aromatic rings. The number of nitrogens with one attached hydrogen (secondary N) is 2. The second-order valence-corrected chi connectivity index (χ2v) is 3.11. The Bertz CT molecular complexity index is 373. The predicted octanol–water partition coefficient (Wildman–Crippen LogP) is -0.123. The first-order valence-electron chi connectivity index (χ1n) is 4.82. The molecule has 1 heterocycles. The molecule has 0 aliphatic rings. The number of carbonyl (C=O) groups excluding carboxylic acids is 1. The van der Waals surface area contributed by atoms with Crippen molar-refractivity contribution in [1.29, 1.82) is 0 Å². The van der Waals surface area contributed by atoms with E-state index >= 15 is 0 Å². The molecule has 1 aromatic heterocycles. The van der Waals surface area contributed by atoms with E-state index in [0.29, 0.717) is 19.4 Å². The van der Waals surface area contributed by atoms with Crippen LogP contribution in [0, 0.1) is 0 Å². The van der Waals surface area contributed by atoms with Gasteiger partial charge in [0.05, 0.1) is 0 Å². The van der Waals surface area contributed by atoms with Gasteiger partial charge >= 0.3 is 0 Å². The molecular weight excluding hydrogens is 196 g/mol. The number of aliphatic hydroxyl groups excluding tert-OH is 1. The zero-order chi connectivity index (χ0) is 11.1. The van der Waals surface area contributed by atoms with Gasteiger partial charge in [0.1, 0.15) is 5.56 Å². The van der Waals surface area contributed by atoms with Gasteiger partial charge in [-0.15, -0.1) is 0 Å². The van der Waals surface area contributed by atoms with E-state index in [-0.39, 0.29) is 23.5 Å². The maximum atomic E-state index is 11.4. The molecule has 0 aliphatic heterocycles. The monoisotopic (exact) mass is 210 g/mol. The number of hydrogen-bond donors (Lipinski definition) is 3. The molecule has 0 fully saturated rings. The molecule has 5 heteroatoms. The molecule has 0 saturated carbocycles. The smallest absolute Gasteiger partial charge is 0.256 e. The van der Waals surface area contributed by atoms with Gasteiger partial charge in [0.2, 0.25) is 0 Å². The summed E-state index contributed by atoms with van der Waals surface area (Å²) in [5.41, 5.74) is -0.185. The molecule has 0 bridgehead atoms. The van der Waals surface area contributed by atoms with Crippen molar-refractivity contribution < 1.29 is 9.90 Å². The Morgan fingerprint density at radius 2 is 2.27 bits per heavy atom. The average Bonchev–Trinajstić information content (AvgIpc) is 2.25. The molecule has 0 saturated heterocycles. The van der Waals surface area contributed by atoms with Crippen molar-refractivity contribution in [3.8, 4) is 0 Å². The number of H-pyrrole nitrogens is 1. The summed E-state index contributed by atoms with van der Waals surface area (Å²) in [6.45, 7) is 0.579. The van der Waals surface area contributed by atoms with E-state index in [2.05, 4.69) is 10.3 Å². The second-order valence-electron chi connectivity index (χ2n) is 3.11. The first kappa shape index (κ1) is 11.5. The summed E-state index contributed by atoms with van der Waals surface area (Å²) in [5.74, 6) is -0.380. The van der Waals surface area contributed by atoms with Crippen molar-refractivity contribution in [3.05, 3.63) is 34.2 Å². The lowest BCUT2D eigenvalue weighted by atomic mass is 10.2. The maximum absolute atomic E-state index is 11.4. The van der Waals surface area contributed by atoms with E-state index < -0.39 is 0 Å². The summed E-state index contributed by atoms with van der Waals surface area (Å²) in [7, 11) is 0. The van der Waals surface area contributed by atoms with Crippen LogP contribution in [0.15, 0.2) is 23.3 Å². The van der Waals surface area contributed by atoms with Gasteiger partial charge in [-0.2, -0.15) is 0 Å². The molecule has 0 radical (unpaired) electrons. The van der Waals surface area contributed by atoms with Crippen molar-refractivity contribution in [3.63, 3.8) is 0 Å². The summed E-state index contributed by atoms with van der Waals surface area (Å²) in [5, 5.41) is 11.1. The normalized spacial score (nSPS) is 9.93. The lowest BCUT2D eigenvalue weighted by Crippen LogP contribution is -2.29. The molecule has 15 heavy (non-hydrogen) atoms. The minimum absolute atomic E-state index is 0.112. The lowest BCUT2D eigenvalue weighted by molar-refractivity contribution is 0.0950. The number of aromatic nitrogens is 1. The SMILES string of the molecule is O=C(NCCCCO)c1c[nH]ccc1=O. The largest absolute Gasteiger partial charge is 0.396 e. The third kappa shape index (κ3) is 3.55. The second kappa shape index (κ2) is 5.98. The highest BCUT2D eigenvalue weighted by atomic mass is 16.3. The van der Waals surface area contributed by atoms with Crippen molar-refractivity contribution >= 4 is 5.91 Å². The van der Waals surface area contributed by atoms with Gasteiger partial charge in [0, 0.05) is 31.6 Å². The van der Waals surface area contributed by atoms with Crippen LogP contribution in [-0.2, 0) is 0 Å². The summed E-state index contributed by atoms with van der Waals surface area (Å²) in [6.07, 6.45) is 4.20. The number of unbranched alkanes of at least 4 members (excludes halogenated alkanes) is 1. The number of pyridine rings is 1. The van der Waals surface area contributed by atoms with Crippen LogP contribution in [0.4, 0.5) is 0 Å². The molecule has 5 nitrogen and oxygen atoms in total. The number of amides is 1. The fraction of sp³-hybridized carbons (Fsp3) is 0.400. The number of aromatic amines is 1. The van der Waals surface area contributed by atoms with E-state index in [4.69, 9.17) is 5.11 Å². The van der Waals surface area contributed by atoms with Crippen LogP contribution >= 0.6 is 0 Å². The first-order valence-corrected chi connectivity index (χ1v) is 4.82. The zero-order valence-electron chi connectivity index (χ0n) is 8.32. The van der Waals surface area contributed by atoms with Crippen molar-refractivity contribution in [1.82, 2.24) is 10.3 Å². The fourth-order valence-corrected chi connectivity index (χ4v) is 1.13. The Kier molecular flexibility index (Phi) is 4.56. The van der Waals surface area contributed by atoms with Gasteiger partial charge in [0.15, 0.2) is 5.43 Å². The zero-order valence-corrected chi connectivity index (χ0v) is 8.32. The standard InChI is InChI=1S/C10H14N2O3/c13-6-2-1-4-12-10(15)8-7-11-5-3-9(8)14/h3,5,7,13H,1-2,4,6H2,(H,11,14)(H,12,15). The predicted molar refractivity (Wildman–Crippen MR) is 55.7 cm³/mol. The van der Waals surface area contributed by atoms with Crippen LogP contribution in [-0.4, -0.2) is 29.1 Å². The van der Waals surface area contributed by atoms with Crippen LogP contribution in [0.1, 0.15) is 23.2 Å². The minimum atomic E-state index is -0.380. The molecule has 82 valence electrons. The third-order valence-corrected chi connectivity index (χ3v) is 1.94. The fourth-order valence-electron chi connectivity index (χ4n) is 1.13. The Morgan fingerprint density at radius 3 is 2.93 bits per heavy atom. The molecule has 0 atom stereocenters. The highest BCUT2D eigenvalue weighted by molar-refractivity contribution is 5.93. The van der Waals surface area contributed by atoms with Gasteiger partial charge in [-0.05, 0) is 12.8 Å². The molecular formula is C10H14N2O3. The lowest BCUT2D eigenvalue weighted by Gasteiger charge is -2.03. The van der Waals surface area contributed by atoms with Crippen molar-refractivity contribution in [2.24, 2.45) is 0 Å². The topological polar surface area (TPSA) is 82.2 Å². The van der Waals surface area contributed by atoms with E-state index in [1.807, 2.05) is 0 Å². The van der Waals surface area contributed by atoms with Crippen molar-refractivity contribution in [2.45, 2.75) is 12.8 Å². The molecule has 0 aromatic carbocycles. The Hall–Kier alpha value is -1.62. The Balaban J connectivity index is 2.48. The third-order valence-electron chi connectivity index (χ3n) is 1.94. The van der Waals surface area contributed by atoms with Gasteiger partial charge < -0.3 is 15.4 Å². The van der Waals surface area contributed by atoms with E-state index in [1.54, 1.807) is 0 Å². The molecule has 1 rings (SSSR count). The van der Waals surface area contributed by atoms with E-state index in [0.717, 1.165) is 0 Å². The molecule has 3 N–H and O–H groups in total. The van der Waals surface area contributed by atoms with Gasteiger partial charge in [-0.3, -0.25) is 9.59 Å². The first-order chi connectivity index (χ1) is 7.25. The average molecular weight is 210 g/mol.